The van der Waals surface area contributed by atoms with Gasteiger partial charge < -0.3 is 14.2 Å². The van der Waals surface area contributed by atoms with Gasteiger partial charge in [-0.3, -0.25) is 14.4 Å². The second-order valence-electron chi connectivity index (χ2n) is 19.2. The molecule has 0 saturated heterocycles. The first-order valence-corrected chi connectivity index (χ1v) is 28.8. The lowest BCUT2D eigenvalue weighted by Gasteiger charge is -2.18. The maximum absolute atomic E-state index is 12.9. The van der Waals surface area contributed by atoms with Gasteiger partial charge in [0, 0.05) is 19.3 Å². The van der Waals surface area contributed by atoms with Crippen molar-refractivity contribution in [3.05, 3.63) is 60.8 Å². The van der Waals surface area contributed by atoms with Gasteiger partial charge in [0.1, 0.15) is 13.2 Å². The highest BCUT2D eigenvalue weighted by atomic mass is 16.6. The number of hydrogen-bond acceptors (Lipinski definition) is 6. The third-order valence-corrected chi connectivity index (χ3v) is 12.5. The Hall–Kier alpha value is -2.89. The van der Waals surface area contributed by atoms with Crippen LogP contribution >= 0.6 is 0 Å². The lowest BCUT2D eigenvalue weighted by molar-refractivity contribution is -0.167. The summed E-state index contributed by atoms with van der Waals surface area (Å²) in [4.78, 5) is 38.1. The Labute approximate surface area is 415 Å². The van der Waals surface area contributed by atoms with Crippen molar-refractivity contribution in [2.24, 2.45) is 0 Å². The van der Waals surface area contributed by atoms with Crippen molar-refractivity contribution < 1.29 is 28.6 Å². The summed E-state index contributed by atoms with van der Waals surface area (Å²) in [7, 11) is 0. The molecule has 0 bridgehead atoms. The maximum atomic E-state index is 12.9. The minimum atomic E-state index is -0.795. The van der Waals surface area contributed by atoms with Gasteiger partial charge in [-0.05, 0) is 83.5 Å². The summed E-state index contributed by atoms with van der Waals surface area (Å²) in [5.41, 5.74) is 0. The van der Waals surface area contributed by atoms with Crippen LogP contribution in [0.15, 0.2) is 60.8 Å². The van der Waals surface area contributed by atoms with Crippen molar-refractivity contribution in [1.29, 1.82) is 0 Å². The van der Waals surface area contributed by atoms with E-state index in [1.165, 1.54) is 180 Å². The third kappa shape index (κ3) is 53.9. The van der Waals surface area contributed by atoms with Crippen LogP contribution in [0.1, 0.15) is 290 Å². The Balaban J connectivity index is 4.42. The summed E-state index contributed by atoms with van der Waals surface area (Å²) in [5.74, 6) is -0.939. The lowest BCUT2D eigenvalue weighted by Crippen LogP contribution is -2.30. The Kier molecular flexibility index (Phi) is 53.3. The number of esters is 3. The maximum Gasteiger partial charge on any atom is 0.306 e. The minimum absolute atomic E-state index is 0.0893. The van der Waals surface area contributed by atoms with Crippen LogP contribution in [-0.4, -0.2) is 37.2 Å². The number of unbranched alkanes of at least 4 members (excludes halogenated alkanes) is 31. The van der Waals surface area contributed by atoms with E-state index in [9.17, 15) is 14.4 Å². The van der Waals surface area contributed by atoms with E-state index >= 15 is 0 Å². The molecule has 0 aromatic heterocycles. The van der Waals surface area contributed by atoms with E-state index in [-0.39, 0.29) is 37.5 Å². The standard InChI is InChI=1S/C61H108O6/c1-4-7-10-13-16-19-22-25-27-29-30-32-34-37-40-43-46-49-52-55-61(64)67-58(56-65-59(62)53-50-47-44-41-38-35-24-21-18-15-12-9-6-3)57-66-60(63)54-51-48-45-42-39-36-33-31-28-26-23-20-17-14-11-8-5-2/h17,20,25-28,33,36,42,45,58H,4-16,18-19,21-24,29-32,34-35,37-41,43-44,46-57H2,1-3H3/b20-17-,27-25-,28-26-,36-33-,45-42-/t58-/m0/s1. The van der Waals surface area contributed by atoms with E-state index in [2.05, 4.69) is 81.5 Å². The topological polar surface area (TPSA) is 78.9 Å². The first-order chi connectivity index (χ1) is 33.0. The summed E-state index contributed by atoms with van der Waals surface area (Å²) in [5, 5.41) is 0. The van der Waals surface area contributed by atoms with Gasteiger partial charge >= 0.3 is 17.9 Å². The summed E-state index contributed by atoms with van der Waals surface area (Å²) in [6.45, 7) is 6.58. The monoisotopic (exact) mass is 937 g/mol. The molecule has 0 amide bonds. The molecule has 0 fully saturated rings. The molecule has 0 heterocycles. The van der Waals surface area contributed by atoms with Gasteiger partial charge in [0.25, 0.3) is 0 Å². The number of carbonyl (C=O) groups excluding carboxylic acids is 3. The van der Waals surface area contributed by atoms with Gasteiger partial charge in [-0.15, -0.1) is 0 Å². The van der Waals surface area contributed by atoms with E-state index < -0.39 is 6.10 Å². The number of ether oxygens (including phenoxy) is 3. The molecule has 0 saturated carbocycles. The zero-order valence-electron chi connectivity index (χ0n) is 44.4. The van der Waals surface area contributed by atoms with Gasteiger partial charge in [0.15, 0.2) is 6.10 Å². The highest BCUT2D eigenvalue weighted by molar-refractivity contribution is 5.71. The average molecular weight is 938 g/mol. The second kappa shape index (κ2) is 55.7. The third-order valence-electron chi connectivity index (χ3n) is 12.5. The van der Waals surface area contributed by atoms with Gasteiger partial charge in [-0.1, -0.05) is 248 Å². The van der Waals surface area contributed by atoms with Gasteiger partial charge in [0.05, 0.1) is 0 Å². The highest BCUT2D eigenvalue weighted by Gasteiger charge is 2.19. The Morgan fingerprint density at radius 1 is 0.299 bits per heavy atom. The molecule has 388 valence electrons. The van der Waals surface area contributed by atoms with Crippen molar-refractivity contribution in [2.75, 3.05) is 13.2 Å². The normalized spacial score (nSPS) is 12.5. The zero-order valence-corrected chi connectivity index (χ0v) is 44.4. The van der Waals surface area contributed by atoms with E-state index in [0.29, 0.717) is 19.3 Å². The quantitative estimate of drug-likeness (QED) is 0.0262. The molecule has 6 nitrogen and oxygen atoms in total. The number of hydrogen-bond donors (Lipinski definition) is 0. The van der Waals surface area contributed by atoms with Crippen molar-refractivity contribution in [3.8, 4) is 0 Å². The molecule has 0 aliphatic heterocycles. The molecule has 1 atom stereocenters. The van der Waals surface area contributed by atoms with E-state index in [4.69, 9.17) is 14.2 Å². The average Bonchev–Trinajstić information content (AvgIpc) is 3.33. The number of rotatable bonds is 52. The molecule has 0 radical (unpaired) electrons. The number of carbonyl (C=O) groups is 3. The molecule has 0 aliphatic rings. The molecule has 0 rings (SSSR count). The van der Waals surface area contributed by atoms with Crippen molar-refractivity contribution in [2.45, 2.75) is 297 Å². The second-order valence-corrected chi connectivity index (χ2v) is 19.2. The molecular weight excluding hydrogens is 829 g/mol. The predicted octanol–water partition coefficient (Wildman–Crippen LogP) is 19.2. The van der Waals surface area contributed by atoms with Crippen LogP contribution in [0.2, 0.25) is 0 Å². The largest absolute Gasteiger partial charge is 0.462 e. The molecule has 0 unspecified atom stereocenters. The Morgan fingerprint density at radius 2 is 0.552 bits per heavy atom. The molecule has 6 heteroatoms. The zero-order chi connectivity index (χ0) is 48.6. The lowest BCUT2D eigenvalue weighted by atomic mass is 10.0. The van der Waals surface area contributed by atoms with Crippen LogP contribution in [0.25, 0.3) is 0 Å². The Morgan fingerprint density at radius 3 is 0.940 bits per heavy atom. The van der Waals surface area contributed by atoms with E-state index in [1.807, 2.05) is 0 Å². The molecule has 67 heavy (non-hydrogen) atoms. The summed E-state index contributed by atoms with van der Waals surface area (Å²) in [6, 6.07) is 0. The van der Waals surface area contributed by atoms with Crippen LogP contribution in [0.3, 0.4) is 0 Å². The molecule has 0 aromatic rings. The van der Waals surface area contributed by atoms with E-state index in [1.54, 1.807) is 0 Å². The summed E-state index contributed by atoms with van der Waals surface area (Å²) in [6.07, 6.45) is 69.3. The van der Waals surface area contributed by atoms with Gasteiger partial charge in [-0.2, -0.15) is 0 Å². The Bertz CT molecular complexity index is 1210. The molecular formula is C61H108O6. The SMILES string of the molecule is CCCCC/C=C\C/C=C\C/C=C\C/C=C\CCCC(=O)OC[C@H](COC(=O)CCCCCCCCCCCCCCC)OC(=O)CCCCCCCCCCC/C=C\CCCCCCCC. The van der Waals surface area contributed by atoms with Crippen LogP contribution in [0.5, 0.6) is 0 Å². The van der Waals surface area contributed by atoms with Crippen LogP contribution in [0, 0.1) is 0 Å². The van der Waals surface area contributed by atoms with Crippen LogP contribution in [0.4, 0.5) is 0 Å². The summed E-state index contributed by atoms with van der Waals surface area (Å²) < 4.78 is 16.8. The highest BCUT2D eigenvalue weighted by Crippen LogP contribution is 2.16. The smallest absolute Gasteiger partial charge is 0.306 e. The van der Waals surface area contributed by atoms with E-state index in [0.717, 1.165) is 64.2 Å². The molecule has 0 aromatic carbocycles. The van der Waals surface area contributed by atoms with Gasteiger partial charge in [0.2, 0.25) is 0 Å². The van der Waals surface area contributed by atoms with Crippen molar-refractivity contribution >= 4 is 17.9 Å². The minimum Gasteiger partial charge on any atom is -0.462 e. The van der Waals surface area contributed by atoms with Crippen molar-refractivity contribution in [3.63, 3.8) is 0 Å². The fourth-order valence-electron chi connectivity index (χ4n) is 8.14. The first kappa shape index (κ1) is 64.1. The van der Waals surface area contributed by atoms with Crippen LogP contribution in [-0.2, 0) is 28.6 Å². The first-order valence-electron chi connectivity index (χ1n) is 28.8. The fraction of sp³-hybridized carbons (Fsp3) is 0.787. The fourth-order valence-corrected chi connectivity index (χ4v) is 8.14. The summed E-state index contributed by atoms with van der Waals surface area (Å²) >= 11 is 0. The number of allylic oxidation sites excluding steroid dienone is 10. The molecule has 0 N–H and O–H groups in total. The van der Waals surface area contributed by atoms with Crippen LogP contribution < -0.4 is 0 Å². The predicted molar refractivity (Wildman–Crippen MR) is 288 cm³/mol. The van der Waals surface area contributed by atoms with Gasteiger partial charge in [-0.25, -0.2) is 0 Å². The van der Waals surface area contributed by atoms with Crippen molar-refractivity contribution in [1.82, 2.24) is 0 Å². The molecule has 0 aliphatic carbocycles. The molecule has 0 spiro atoms.